The molecular weight excluding hydrogens is 258 g/mol. The van der Waals surface area contributed by atoms with Crippen LogP contribution in [-0.2, 0) is 13.1 Å². The van der Waals surface area contributed by atoms with Gasteiger partial charge in [0.15, 0.2) is 0 Å². The first kappa shape index (κ1) is 13.9. The average Bonchev–Trinajstić information content (AvgIpc) is 2.86. The number of benzene rings is 1. The van der Waals surface area contributed by atoms with E-state index in [1.807, 2.05) is 18.3 Å². The van der Waals surface area contributed by atoms with Crippen LogP contribution >= 0.6 is 0 Å². The first-order valence-electron chi connectivity index (χ1n) is 6.20. The smallest absolute Gasteiger partial charge is 0.316 e. The minimum absolute atomic E-state index is 0.0723. The van der Waals surface area contributed by atoms with Crippen LogP contribution in [-0.4, -0.2) is 27.5 Å². The van der Waals surface area contributed by atoms with E-state index in [9.17, 15) is 4.79 Å². The molecule has 0 spiro atoms. The minimum atomic E-state index is -0.581. The highest BCUT2D eigenvalue weighted by atomic mass is 16.3. The Hall–Kier alpha value is -2.54. The molecule has 0 aliphatic heterocycles. The van der Waals surface area contributed by atoms with Gasteiger partial charge in [0, 0.05) is 29.7 Å². The summed E-state index contributed by atoms with van der Waals surface area (Å²) in [6.07, 6.45) is 3.64. The van der Waals surface area contributed by atoms with Gasteiger partial charge >= 0.3 is 6.03 Å². The molecule has 0 radical (unpaired) electrons. The van der Waals surface area contributed by atoms with Crippen molar-refractivity contribution in [2.75, 3.05) is 17.2 Å². The number of primary amides is 1. The standard InChI is InChI=1S/C13H17N5O2/c14-13(20)17-12-3-1-11(2-4-12)15-7-10-8-16-18(9-10)5-6-19/h1-4,8-9,15,19H,5-7H2,(H3,14,17,20). The van der Waals surface area contributed by atoms with Gasteiger partial charge < -0.3 is 21.5 Å². The lowest BCUT2D eigenvalue weighted by molar-refractivity contribution is 0.259. The highest BCUT2D eigenvalue weighted by Gasteiger charge is 2.00. The van der Waals surface area contributed by atoms with E-state index in [2.05, 4.69) is 15.7 Å². The Kier molecular flexibility index (Phi) is 4.56. The average molecular weight is 275 g/mol. The van der Waals surface area contributed by atoms with Gasteiger partial charge in [0.1, 0.15) is 0 Å². The summed E-state index contributed by atoms with van der Waals surface area (Å²) in [6, 6.07) is 6.65. The second kappa shape index (κ2) is 6.58. The third-order valence-corrected chi connectivity index (χ3v) is 2.66. The molecule has 0 saturated heterocycles. The van der Waals surface area contributed by atoms with Crippen LogP contribution in [0.3, 0.4) is 0 Å². The Morgan fingerprint density at radius 1 is 1.30 bits per heavy atom. The van der Waals surface area contributed by atoms with Crippen molar-refractivity contribution in [2.24, 2.45) is 5.73 Å². The Balaban J connectivity index is 1.88. The molecule has 1 aromatic heterocycles. The van der Waals surface area contributed by atoms with Crippen molar-refractivity contribution in [3.63, 3.8) is 0 Å². The molecule has 7 nitrogen and oxygen atoms in total. The fourth-order valence-electron chi connectivity index (χ4n) is 1.74. The zero-order chi connectivity index (χ0) is 14.4. The number of rotatable bonds is 6. The molecule has 20 heavy (non-hydrogen) atoms. The van der Waals surface area contributed by atoms with Crippen LogP contribution in [0.5, 0.6) is 0 Å². The molecule has 5 N–H and O–H groups in total. The molecule has 0 fully saturated rings. The molecule has 1 aromatic carbocycles. The minimum Gasteiger partial charge on any atom is -0.394 e. The van der Waals surface area contributed by atoms with Gasteiger partial charge in [-0.1, -0.05) is 0 Å². The van der Waals surface area contributed by atoms with Crippen LogP contribution in [0.15, 0.2) is 36.7 Å². The van der Waals surface area contributed by atoms with Crippen molar-refractivity contribution in [1.82, 2.24) is 9.78 Å². The molecule has 0 aliphatic rings. The molecule has 2 aromatic rings. The topological polar surface area (TPSA) is 105 Å². The summed E-state index contributed by atoms with van der Waals surface area (Å²) < 4.78 is 1.69. The van der Waals surface area contributed by atoms with Crippen LogP contribution in [0, 0.1) is 0 Å². The Bertz CT molecular complexity index is 564. The summed E-state index contributed by atoms with van der Waals surface area (Å²) in [7, 11) is 0. The molecule has 0 bridgehead atoms. The van der Waals surface area contributed by atoms with Gasteiger partial charge in [-0.05, 0) is 24.3 Å². The molecule has 0 aliphatic carbocycles. The third kappa shape index (κ3) is 3.99. The number of hydrogen-bond acceptors (Lipinski definition) is 4. The SMILES string of the molecule is NC(=O)Nc1ccc(NCc2cnn(CCO)c2)cc1. The van der Waals surface area contributed by atoms with Gasteiger partial charge in [-0.25, -0.2) is 4.79 Å². The first-order valence-corrected chi connectivity index (χ1v) is 6.20. The van der Waals surface area contributed by atoms with Gasteiger partial charge in [-0.2, -0.15) is 5.10 Å². The third-order valence-electron chi connectivity index (χ3n) is 2.66. The van der Waals surface area contributed by atoms with Gasteiger partial charge in [0.05, 0.1) is 19.3 Å². The quantitative estimate of drug-likeness (QED) is 0.630. The van der Waals surface area contributed by atoms with Crippen LogP contribution < -0.4 is 16.4 Å². The van der Waals surface area contributed by atoms with E-state index in [0.29, 0.717) is 18.8 Å². The summed E-state index contributed by atoms with van der Waals surface area (Å²) in [5.74, 6) is 0. The largest absolute Gasteiger partial charge is 0.394 e. The summed E-state index contributed by atoms with van der Waals surface area (Å²) in [5.41, 5.74) is 7.63. The number of hydrogen-bond donors (Lipinski definition) is 4. The summed E-state index contributed by atoms with van der Waals surface area (Å²) in [4.78, 5) is 10.7. The fourth-order valence-corrected chi connectivity index (χ4v) is 1.74. The van der Waals surface area contributed by atoms with Crippen molar-refractivity contribution in [1.29, 1.82) is 0 Å². The number of urea groups is 1. The van der Waals surface area contributed by atoms with Crippen molar-refractivity contribution in [3.05, 3.63) is 42.2 Å². The van der Waals surface area contributed by atoms with Crippen LogP contribution in [0.2, 0.25) is 0 Å². The summed E-state index contributed by atoms with van der Waals surface area (Å²) >= 11 is 0. The maximum Gasteiger partial charge on any atom is 0.316 e. The van der Waals surface area contributed by atoms with Crippen LogP contribution in [0.1, 0.15) is 5.56 Å². The van der Waals surface area contributed by atoms with E-state index in [4.69, 9.17) is 10.8 Å². The second-order valence-corrected chi connectivity index (χ2v) is 4.26. The fraction of sp³-hybridized carbons (Fsp3) is 0.231. The Morgan fingerprint density at radius 3 is 2.65 bits per heavy atom. The molecular formula is C13H17N5O2. The van der Waals surface area contributed by atoms with Gasteiger partial charge in [-0.15, -0.1) is 0 Å². The molecule has 2 amide bonds. The Labute approximate surface area is 116 Å². The molecule has 0 unspecified atom stereocenters. The molecule has 7 heteroatoms. The highest BCUT2D eigenvalue weighted by Crippen LogP contribution is 2.14. The predicted molar refractivity (Wildman–Crippen MR) is 76.3 cm³/mol. The molecule has 0 saturated carbocycles. The second-order valence-electron chi connectivity index (χ2n) is 4.26. The number of nitrogens with zero attached hydrogens (tertiary/aromatic N) is 2. The summed E-state index contributed by atoms with van der Waals surface area (Å²) in [5, 5.41) is 18.7. The van der Waals surface area contributed by atoms with E-state index >= 15 is 0 Å². The van der Waals surface area contributed by atoms with Gasteiger partial charge in [-0.3, -0.25) is 4.68 Å². The highest BCUT2D eigenvalue weighted by molar-refractivity contribution is 5.87. The van der Waals surface area contributed by atoms with Crippen molar-refractivity contribution in [2.45, 2.75) is 13.1 Å². The zero-order valence-electron chi connectivity index (χ0n) is 10.9. The van der Waals surface area contributed by atoms with E-state index < -0.39 is 6.03 Å². The normalized spacial score (nSPS) is 10.2. The van der Waals surface area contributed by atoms with Gasteiger partial charge in [0.2, 0.25) is 0 Å². The number of nitrogens with one attached hydrogen (secondary N) is 2. The number of amides is 2. The van der Waals surface area contributed by atoms with Crippen molar-refractivity contribution >= 4 is 17.4 Å². The maximum atomic E-state index is 10.7. The van der Waals surface area contributed by atoms with Crippen molar-refractivity contribution in [3.8, 4) is 0 Å². The molecule has 1 heterocycles. The lowest BCUT2D eigenvalue weighted by atomic mass is 10.2. The van der Waals surface area contributed by atoms with E-state index in [-0.39, 0.29) is 6.61 Å². The number of carbonyl (C=O) groups excluding carboxylic acids is 1. The van der Waals surface area contributed by atoms with Gasteiger partial charge in [0.25, 0.3) is 0 Å². The molecule has 0 atom stereocenters. The van der Waals surface area contributed by atoms with Crippen LogP contribution in [0.4, 0.5) is 16.2 Å². The zero-order valence-corrected chi connectivity index (χ0v) is 10.9. The van der Waals surface area contributed by atoms with Crippen molar-refractivity contribution < 1.29 is 9.90 Å². The van der Waals surface area contributed by atoms with E-state index in [1.165, 1.54) is 0 Å². The first-order chi connectivity index (χ1) is 9.67. The monoisotopic (exact) mass is 275 g/mol. The number of nitrogens with two attached hydrogens (primary N) is 1. The maximum absolute atomic E-state index is 10.7. The van der Waals surface area contributed by atoms with Crippen LogP contribution in [0.25, 0.3) is 0 Å². The van der Waals surface area contributed by atoms with E-state index in [0.717, 1.165) is 11.3 Å². The molecule has 106 valence electrons. The summed E-state index contributed by atoms with van der Waals surface area (Å²) in [6.45, 7) is 1.20. The molecule has 2 rings (SSSR count). The van der Waals surface area contributed by atoms with E-state index in [1.54, 1.807) is 23.0 Å². The Morgan fingerprint density at radius 2 is 2.00 bits per heavy atom. The number of aromatic nitrogens is 2. The number of carbonyl (C=O) groups is 1. The lowest BCUT2D eigenvalue weighted by Gasteiger charge is -2.06. The predicted octanol–water partition coefficient (Wildman–Crippen LogP) is 0.978. The number of aliphatic hydroxyl groups is 1. The number of aliphatic hydroxyl groups excluding tert-OH is 1. The lowest BCUT2D eigenvalue weighted by Crippen LogP contribution is -2.19. The number of anilines is 2.